The minimum absolute atomic E-state index is 0.266. The molecule has 0 aliphatic rings. The van der Waals surface area contributed by atoms with Crippen molar-refractivity contribution in [2.45, 2.75) is 0 Å². The molecule has 0 unspecified atom stereocenters. The van der Waals surface area contributed by atoms with Crippen LogP contribution in [0.1, 0.15) is 21.5 Å². The Morgan fingerprint density at radius 1 is 1.11 bits per heavy atom. The second kappa shape index (κ2) is 5.79. The van der Waals surface area contributed by atoms with Gasteiger partial charge in [-0.15, -0.1) is 0 Å². The first kappa shape index (κ1) is 12.8. The predicted molar refractivity (Wildman–Crippen MR) is 73.3 cm³/mol. The molecule has 2 aromatic rings. The van der Waals surface area contributed by atoms with Crippen molar-refractivity contribution in [1.82, 2.24) is 0 Å². The van der Waals surface area contributed by atoms with E-state index in [0.717, 1.165) is 5.56 Å². The summed E-state index contributed by atoms with van der Waals surface area (Å²) in [6.07, 6.45) is 1.20. The van der Waals surface area contributed by atoms with Crippen LogP contribution in [-0.2, 0) is 0 Å². The van der Waals surface area contributed by atoms with E-state index in [1.54, 1.807) is 0 Å². The summed E-state index contributed by atoms with van der Waals surface area (Å²) in [4.78, 5) is 11.6. The summed E-state index contributed by atoms with van der Waals surface area (Å²) in [6, 6.07) is 13.2. The number of benzene rings is 2. The van der Waals surface area contributed by atoms with Gasteiger partial charge in [-0.05, 0) is 36.4 Å². The Morgan fingerprint density at radius 2 is 1.84 bits per heavy atom. The molecule has 92 valence electrons. The zero-order valence-corrected chi connectivity index (χ0v) is 10.2. The Labute approximate surface area is 111 Å². The van der Waals surface area contributed by atoms with Crippen LogP contribution in [0.5, 0.6) is 0 Å². The maximum absolute atomic E-state index is 13.2. The molecule has 0 amide bonds. The monoisotopic (exact) mass is 250 g/mol. The zero-order valence-electron chi connectivity index (χ0n) is 10.2. The van der Waals surface area contributed by atoms with E-state index in [4.69, 9.17) is 0 Å². The van der Waals surface area contributed by atoms with Gasteiger partial charge >= 0.3 is 0 Å². The van der Waals surface area contributed by atoms with Gasteiger partial charge in [-0.2, -0.15) is 0 Å². The van der Waals surface area contributed by atoms with E-state index in [0.29, 0.717) is 11.1 Å². The zero-order chi connectivity index (χ0) is 13.7. The lowest BCUT2D eigenvalue weighted by molar-refractivity contribution is 0.104. The molecule has 2 rings (SSSR count). The van der Waals surface area contributed by atoms with Crippen LogP contribution >= 0.6 is 0 Å². The van der Waals surface area contributed by atoms with Crippen LogP contribution in [0, 0.1) is 17.7 Å². The number of carbonyl (C=O) groups is 1. The summed E-state index contributed by atoms with van der Waals surface area (Å²) in [5.74, 6) is 5.05. The van der Waals surface area contributed by atoms with Crippen LogP contribution in [0.25, 0.3) is 0 Å². The Bertz CT molecular complexity index is 675. The highest BCUT2D eigenvalue weighted by molar-refractivity contribution is 6.05. The summed E-state index contributed by atoms with van der Waals surface area (Å²) in [5.41, 5.74) is 1.54. The number of rotatable bonds is 2. The smallest absolute Gasteiger partial charge is 0.186 e. The van der Waals surface area contributed by atoms with Crippen molar-refractivity contribution >= 4 is 5.78 Å². The molecule has 2 heteroatoms. The van der Waals surface area contributed by atoms with Gasteiger partial charge in [0.2, 0.25) is 0 Å². The fourth-order valence-electron chi connectivity index (χ4n) is 1.61. The lowest BCUT2D eigenvalue weighted by atomic mass is 10.0. The second-order valence-electron chi connectivity index (χ2n) is 3.87. The molecule has 0 radical (unpaired) electrons. The maximum atomic E-state index is 13.2. The summed E-state index contributed by atoms with van der Waals surface area (Å²) in [6.45, 7) is 3.43. The van der Waals surface area contributed by atoms with Crippen molar-refractivity contribution in [1.29, 1.82) is 0 Å². The quantitative estimate of drug-likeness (QED) is 0.452. The molecule has 0 N–H and O–H groups in total. The minimum Gasteiger partial charge on any atom is -0.289 e. The van der Waals surface area contributed by atoms with E-state index in [1.807, 2.05) is 30.3 Å². The van der Waals surface area contributed by atoms with Crippen LogP contribution < -0.4 is 0 Å². The largest absolute Gasteiger partial charge is 0.289 e. The number of hydrogen-bond acceptors (Lipinski definition) is 1. The van der Waals surface area contributed by atoms with Crippen molar-refractivity contribution in [3.63, 3.8) is 0 Å². The molecule has 0 bridgehead atoms. The van der Waals surface area contributed by atoms with Gasteiger partial charge in [0.05, 0.1) is 0 Å². The van der Waals surface area contributed by atoms with E-state index in [2.05, 4.69) is 18.4 Å². The van der Waals surface area contributed by atoms with Crippen molar-refractivity contribution in [3.8, 4) is 11.8 Å². The van der Waals surface area contributed by atoms with Gasteiger partial charge in [0.15, 0.2) is 5.78 Å². The standard InChI is InChI=1S/C17H11FO/c1-2-17(19)16-11-10-15(18)12-14(16)9-8-13-6-4-3-5-7-13/h2-7,10-12H,1H2. The Kier molecular flexibility index (Phi) is 3.90. The third-order valence-electron chi connectivity index (χ3n) is 2.55. The third kappa shape index (κ3) is 3.17. The topological polar surface area (TPSA) is 17.1 Å². The SMILES string of the molecule is C=CC(=O)c1ccc(F)cc1C#Cc1ccccc1. The normalized spacial score (nSPS) is 9.32. The molecule has 0 aliphatic carbocycles. The molecule has 0 saturated heterocycles. The van der Waals surface area contributed by atoms with Gasteiger partial charge in [-0.3, -0.25) is 4.79 Å². The van der Waals surface area contributed by atoms with Crippen LogP contribution in [-0.4, -0.2) is 5.78 Å². The maximum Gasteiger partial charge on any atom is 0.186 e. The van der Waals surface area contributed by atoms with E-state index in [1.165, 1.54) is 24.3 Å². The van der Waals surface area contributed by atoms with Crippen molar-refractivity contribution in [2.24, 2.45) is 0 Å². The third-order valence-corrected chi connectivity index (χ3v) is 2.55. The first-order chi connectivity index (χ1) is 9.20. The van der Waals surface area contributed by atoms with Crippen LogP contribution in [0.4, 0.5) is 4.39 Å². The average molecular weight is 250 g/mol. The predicted octanol–water partition coefficient (Wildman–Crippen LogP) is 3.59. The fourth-order valence-corrected chi connectivity index (χ4v) is 1.61. The molecule has 0 aliphatic heterocycles. The second-order valence-corrected chi connectivity index (χ2v) is 3.87. The van der Waals surface area contributed by atoms with E-state index in [9.17, 15) is 9.18 Å². The molecule has 0 saturated carbocycles. The van der Waals surface area contributed by atoms with Crippen molar-refractivity contribution in [2.75, 3.05) is 0 Å². The fraction of sp³-hybridized carbons (Fsp3) is 0. The number of hydrogen-bond donors (Lipinski definition) is 0. The number of carbonyl (C=O) groups excluding carboxylic acids is 1. The highest BCUT2D eigenvalue weighted by atomic mass is 19.1. The number of halogens is 1. The summed E-state index contributed by atoms with van der Waals surface area (Å²) < 4.78 is 13.2. The van der Waals surface area contributed by atoms with Gasteiger partial charge in [0.1, 0.15) is 5.82 Å². The van der Waals surface area contributed by atoms with Gasteiger partial charge < -0.3 is 0 Å². The first-order valence-corrected chi connectivity index (χ1v) is 5.74. The van der Waals surface area contributed by atoms with E-state index < -0.39 is 5.82 Å². The molecule has 0 heterocycles. The Morgan fingerprint density at radius 3 is 2.53 bits per heavy atom. The summed E-state index contributed by atoms with van der Waals surface area (Å²) in [5, 5.41) is 0. The van der Waals surface area contributed by atoms with Gasteiger partial charge in [-0.1, -0.05) is 36.6 Å². The first-order valence-electron chi connectivity index (χ1n) is 5.74. The molecule has 0 fully saturated rings. The lowest BCUT2D eigenvalue weighted by Gasteiger charge is -2.00. The van der Waals surface area contributed by atoms with Gasteiger partial charge in [0, 0.05) is 16.7 Å². The highest BCUT2D eigenvalue weighted by Gasteiger charge is 2.07. The molecule has 2 aromatic carbocycles. The number of allylic oxidation sites excluding steroid dienone is 1. The highest BCUT2D eigenvalue weighted by Crippen LogP contribution is 2.12. The van der Waals surface area contributed by atoms with Crippen LogP contribution in [0.3, 0.4) is 0 Å². The molecular weight excluding hydrogens is 239 g/mol. The molecule has 0 spiro atoms. The average Bonchev–Trinajstić information content (AvgIpc) is 2.45. The molecular formula is C17H11FO. The minimum atomic E-state index is -0.419. The van der Waals surface area contributed by atoms with Gasteiger partial charge in [0.25, 0.3) is 0 Å². The Hall–Kier alpha value is -2.66. The Balaban J connectivity index is 2.45. The molecule has 19 heavy (non-hydrogen) atoms. The molecule has 0 atom stereocenters. The van der Waals surface area contributed by atoms with Crippen molar-refractivity contribution < 1.29 is 9.18 Å². The molecule has 1 nitrogen and oxygen atoms in total. The van der Waals surface area contributed by atoms with Crippen LogP contribution in [0.15, 0.2) is 61.2 Å². The summed E-state index contributed by atoms with van der Waals surface area (Å²) in [7, 11) is 0. The molecule has 0 aromatic heterocycles. The lowest BCUT2D eigenvalue weighted by Crippen LogP contribution is -1.98. The van der Waals surface area contributed by atoms with Crippen molar-refractivity contribution in [3.05, 3.63) is 83.7 Å². The van der Waals surface area contributed by atoms with E-state index in [-0.39, 0.29) is 5.78 Å². The summed E-state index contributed by atoms with van der Waals surface area (Å²) >= 11 is 0. The van der Waals surface area contributed by atoms with Crippen LogP contribution in [0.2, 0.25) is 0 Å². The van der Waals surface area contributed by atoms with Gasteiger partial charge in [-0.25, -0.2) is 4.39 Å². The van der Waals surface area contributed by atoms with E-state index >= 15 is 0 Å². The number of ketones is 1.